The van der Waals surface area contributed by atoms with E-state index in [1.807, 2.05) is 48.5 Å². The van der Waals surface area contributed by atoms with Crippen molar-refractivity contribution in [2.45, 2.75) is 0 Å². The fourth-order valence-corrected chi connectivity index (χ4v) is 2.35. The molecule has 3 rings (SSSR count). The summed E-state index contributed by atoms with van der Waals surface area (Å²) in [5.41, 5.74) is 3.45. The second-order valence-electron chi connectivity index (χ2n) is 4.53. The number of nitrogens with zero attached hydrogens (tertiary/aromatic N) is 1. The fraction of sp³-hybridized carbons (Fsp3) is 0.0625. The van der Waals surface area contributed by atoms with Crippen molar-refractivity contribution < 1.29 is 9.90 Å². The number of benzene rings is 2. The minimum Gasteiger partial charge on any atom is -0.477 e. The Morgan fingerprint density at radius 2 is 1.74 bits per heavy atom. The van der Waals surface area contributed by atoms with Crippen LogP contribution in [0, 0.1) is 0 Å². The third kappa shape index (κ3) is 1.89. The van der Waals surface area contributed by atoms with Gasteiger partial charge in [-0.05, 0) is 23.3 Å². The maximum atomic E-state index is 11.1. The number of carboxylic acids is 1. The Hall–Kier alpha value is -2.55. The Morgan fingerprint density at radius 3 is 2.42 bits per heavy atom. The van der Waals surface area contributed by atoms with Crippen LogP contribution < -0.4 is 0 Å². The Morgan fingerprint density at radius 1 is 1.00 bits per heavy atom. The van der Waals surface area contributed by atoms with E-state index in [1.54, 1.807) is 17.7 Å². The molecule has 3 aromatic rings. The molecule has 0 aliphatic heterocycles. The topological polar surface area (TPSA) is 42.2 Å². The van der Waals surface area contributed by atoms with Gasteiger partial charge in [0, 0.05) is 18.0 Å². The predicted octanol–water partition coefficient (Wildman–Crippen LogP) is 3.54. The van der Waals surface area contributed by atoms with E-state index in [2.05, 4.69) is 0 Å². The van der Waals surface area contributed by atoms with Crippen LogP contribution in [0.4, 0.5) is 0 Å². The maximum Gasteiger partial charge on any atom is 0.352 e. The number of rotatable bonds is 2. The third-order valence-corrected chi connectivity index (χ3v) is 3.37. The van der Waals surface area contributed by atoms with Crippen molar-refractivity contribution in [1.29, 1.82) is 0 Å². The van der Waals surface area contributed by atoms with Crippen LogP contribution in [0.2, 0.25) is 0 Å². The summed E-state index contributed by atoms with van der Waals surface area (Å²) in [6.07, 6.45) is 0. The molecular weight excluding hydrogens is 238 g/mol. The summed E-state index contributed by atoms with van der Waals surface area (Å²) < 4.78 is 1.71. The van der Waals surface area contributed by atoms with E-state index in [0.29, 0.717) is 5.69 Å². The molecule has 94 valence electrons. The average Bonchev–Trinajstić information content (AvgIpc) is 2.77. The van der Waals surface area contributed by atoms with E-state index in [0.717, 1.165) is 22.0 Å². The minimum atomic E-state index is -0.903. The van der Waals surface area contributed by atoms with Gasteiger partial charge >= 0.3 is 5.97 Å². The molecule has 2 aromatic carbocycles. The molecule has 0 saturated carbocycles. The zero-order chi connectivity index (χ0) is 13.4. The Kier molecular flexibility index (Phi) is 2.60. The lowest BCUT2D eigenvalue weighted by Gasteiger charge is -2.04. The van der Waals surface area contributed by atoms with Gasteiger partial charge in [-0.1, -0.05) is 42.5 Å². The fourth-order valence-electron chi connectivity index (χ4n) is 2.35. The van der Waals surface area contributed by atoms with E-state index >= 15 is 0 Å². The summed E-state index contributed by atoms with van der Waals surface area (Å²) in [5, 5.41) is 10.1. The molecular formula is C16H13NO2. The first-order valence-corrected chi connectivity index (χ1v) is 6.05. The van der Waals surface area contributed by atoms with Crippen LogP contribution in [-0.2, 0) is 7.05 Å². The standard InChI is InChI=1S/C16H13NO2/c1-17-14-9-12(11-5-3-2-4-6-11)7-8-13(14)10-15(17)16(18)19/h2-10H,1H3,(H,18,19). The van der Waals surface area contributed by atoms with Crippen molar-refractivity contribution in [1.82, 2.24) is 4.57 Å². The van der Waals surface area contributed by atoms with E-state index in [1.165, 1.54) is 0 Å². The first-order chi connectivity index (χ1) is 9.16. The van der Waals surface area contributed by atoms with Crippen LogP contribution in [0.5, 0.6) is 0 Å². The molecule has 1 heterocycles. The quantitative estimate of drug-likeness (QED) is 0.756. The molecule has 0 fully saturated rings. The van der Waals surface area contributed by atoms with Crippen molar-refractivity contribution >= 4 is 16.9 Å². The van der Waals surface area contributed by atoms with Crippen molar-refractivity contribution in [3.63, 3.8) is 0 Å². The first-order valence-electron chi connectivity index (χ1n) is 6.05. The van der Waals surface area contributed by atoms with Gasteiger partial charge in [0.15, 0.2) is 0 Å². The lowest BCUT2D eigenvalue weighted by atomic mass is 10.0. The van der Waals surface area contributed by atoms with E-state index in [4.69, 9.17) is 5.11 Å². The second kappa shape index (κ2) is 4.28. The predicted molar refractivity (Wildman–Crippen MR) is 75.3 cm³/mol. The molecule has 3 heteroatoms. The highest BCUT2D eigenvalue weighted by molar-refractivity contribution is 5.95. The minimum absolute atomic E-state index is 0.306. The normalized spacial score (nSPS) is 10.8. The number of aromatic nitrogens is 1. The van der Waals surface area contributed by atoms with Crippen LogP contribution in [-0.4, -0.2) is 15.6 Å². The van der Waals surface area contributed by atoms with Gasteiger partial charge in [-0.3, -0.25) is 0 Å². The zero-order valence-corrected chi connectivity index (χ0v) is 10.5. The van der Waals surface area contributed by atoms with Crippen LogP contribution in [0.1, 0.15) is 10.5 Å². The molecule has 3 nitrogen and oxygen atoms in total. The summed E-state index contributed by atoms with van der Waals surface area (Å²) in [7, 11) is 1.78. The van der Waals surface area contributed by atoms with E-state index in [9.17, 15) is 4.79 Å². The van der Waals surface area contributed by atoms with Gasteiger partial charge in [0.25, 0.3) is 0 Å². The molecule has 0 aliphatic carbocycles. The molecule has 19 heavy (non-hydrogen) atoms. The van der Waals surface area contributed by atoms with Gasteiger partial charge in [-0.2, -0.15) is 0 Å². The van der Waals surface area contributed by atoms with Crippen LogP contribution >= 0.6 is 0 Å². The van der Waals surface area contributed by atoms with Gasteiger partial charge < -0.3 is 9.67 Å². The smallest absolute Gasteiger partial charge is 0.352 e. The van der Waals surface area contributed by atoms with E-state index in [-0.39, 0.29) is 0 Å². The molecule has 0 atom stereocenters. The molecule has 0 unspecified atom stereocenters. The summed E-state index contributed by atoms with van der Waals surface area (Å²) in [5.74, 6) is -0.903. The number of aryl methyl sites for hydroxylation is 1. The molecule has 0 bridgehead atoms. The SMILES string of the molecule is Cn1c(C(=O)O)cc2ccc(-c3ccccc3)cc21. The lowest BCUT2D eigenvalue weighted by Crippen LogP contribution is -2.03. The monoisotopic (exact) mass is 251 g/mol. The summed E-state index contributed by atoms with van der Waals surface area (Å²) >= 11 is 0. The number of hydrogen-bond acceptors (Lipinski definition) is 1. The van der Waals surface area contributed by atoms with Crippen molar-refractivity contribution in [2.24, 2.45) is 7.05 Å². The molecule has 0 spiro atoms. The molecule has 0 aliphatic rings. The van der Waals surface area contributed by atoms with Crippen LogP contribution in [0.15, 0.2) is 54.6 Å². The van der Waals surface area contributed by atoms with Gasteiger partial charge in [0.2, 0.25) is 0 Å². The molecule has 1 N–H and O–H groups in total. The highest BCUT2D eigenvalue weighted by Gasteiger charge is 2.12. The van der Waals surface area contributed by atoms with Gasteiger partial charge in [0.1, 0.15) is 5.69 Å². The van der Waals surface area contributed by atoms with Crippen molar-refractivity contribution in [2.75, 3.05) is 0 Å². The van der Waals surface area contributed by atoms with Gasteiger partial charge in [0.05, 0.1) is 0 Å². The molecule has 1 aromatic heterocycles. The van der Waals surface area contributed by atoms with Crippen LogP contribution in [0.25, 0.3) is 22.0 Å². The Balaban J connectivity index is 2.21. The number of hydrogen-bond donors (Lipinski definition) is 1. The second-order valence-corrected chi connectivity index (χ2v) is 4.53. The zero-order valence-electron chi connectivity index (χ0n) is 10.5. The largest absolute Gasteiger partial charge is 0.477 e. The number of fused-ring (bicyclic) bond motifs is 1. The molecule has 0 radical (unpaired) electrons. The van der Waals surface area contributed by atoms with Crippen LogP contribution in [0.3, 0.4) is 0 Å². The molecule has 0 saturated heterocycles. The number of carbonyl (C=O) groups is 1. The Bertz CT molecular complexity index is 757. The van der Waals surface area contributed by atoms with Gasteiger partial charge in [-0.15, -0.1) is 0 Å². The number of aromatic carboxylic acids is 1. The summed E-state index contributed by atoms with van der Waals surface area (Å²) in [4.78, 5) is 11.1. The third-order valence-electron chi connectivity index (χ3n) is 3.37. The number of carboxylic acid groups (broad SMARTS) is 1. The Labute approximate surface area is 110 Å². The highest BCUT2D eigenvalue weighted by atomic mass is 16.4. The average molecular weight is 251 g/mol. The lowest BCUT2D eigenvalue weighted by molar-refractivity contribution is 0.0687. The van der Waals surface area contributed by atoms with E-state index < -0.39 is 5.97 Å². The maximum absolute atomic E-state index is 11.1. The van der Waals surface area contributed by atoms with Crippen molar-refractivity contribution in [3.05, 3.63) is 60.3 Å². The molecule has 0 amide bonds. The summed E-state index contributed by atoms with van der Waals surface area (Å²) in [6, 6.07) is 17.8. The van der Waals surface area contributed by atoms with Crippen molar-refractivity contribution in [3.8, 4) is 11.1 Å². The highest BCUT2D eigenvalue weighted by Crippen LogP contribution is 2.26. The van der Waals surface area contributed by atoms with Gasteiger partial charge in [-0.25, -0.2) is 4.79 Å². The summed E-state index contributed by atoms with van der Waals surface area (Å²) in [6.45, 7) is 0. The first kappa shape index (κ1) is 11.5.